The summed E-state index contributed by atoms with van der Waals surface area (Å²) < 4.78 is 0. The van der Waals surface area contributed by atoms with Gasteiger partial charge in [-0.3, -0.25) is 4.79 Å². The van der Waals surface area contributed by atoms with Crippen LogP contribution in [0.2, 0.25) is 0 Å². The van der Waals surface area contributed by atoms with Crippen LogP contribution in [0.1, 0.15) is 12.5 Å². The second kappa shape index (κ2) is 5.11. The van der Waals surface area contributed by atoms with E-state index >= 15 is 0 Å². The van der Waals surface area contributed by atoms with Crippen LogP contribution < -0.4 is 5.73 Å². The largest absolute Gasteiger partial charge is 0.511 e. The molecule has 0 atom stereocenters. The van der Waals surface area contributed by atoms with Crippen molar-refractivity contribution in [2.45, 2.75) is 13.3 Å². The molecule has 1 aromatic carbocycles. The first-order valence-electron chi connectivity index (χ1n) is 4.83. The number of aliphatic hydroxyl groups is 1. The lowest BCUT2D eigenvalue weighted by atomic mass is 10.0. The highest BCUT2D eigenvalue weighted by Crippen LogP contribution is 2.10. The Bertz CT molecular complexity index is 420. The molecule has 84 valence electrons. The maximum Gasteiger partial charge on any atom is 0.253 e. The number of aliphatic hydroxyl groups excluding tert-OH is 1. The summed E-state index contributed by atoms with van der Waals surface area (Å²) in [6.07, 6.45) is 0.204. The zero-order valence-corrected chi connectivity index (χ0v) is 9.03. The van der Waals surface area contributed by atoms with E-state index in [-0.39, 0.29) is 23.5 Å². The molecule has 4 nitrogen and oxygen atoms in total. The third-order valence-electron chi connectivity index (χ3n) is 2.12. The second-order valence-electron chi connectivity index (χ2n) is 3.47. The van der Waals surface area contributed by atoms with Gasteiger partial charge in [-0.05, 0) is 12.5 Å². The third-order valence-corrected chi connectivity index (χ3v) is 2.12. The minimum Gasteiger partial charge on any atom is -0.511 e. The van der Waals surface area contributed by atoms with Crippen LogP contribution in [-0.4, -0.2) is 16.7 Å². The van der Waals surface area contributed by atoms with Crippen LogP contribution in [0.3, 0.4) is 0 Å². The number of benzene rings is 1. The monoisotopic (exact) mass is 218 g/mol. The van der Waals surface area contributed by atoms with Crippen molar-refractivity contribution in [1.82, 2.24) is 0 Å². The first-order chi connectivity index (χ1) is 7.52. The van der Waals surface area contributed by atoms with Crippen LogP contribution in [-0.2, 0) is 11.2 Å². The van der Waals surface area contributed by atoms with Gasteiger partial charge in [0.25, 0.3) is 5.91 Å². The van der Waals surface area contributed by atoms with Gasteiger partial charge in [-0.2, -0.15) is 0 Å². The highest BCUT2D eigenvalue weighted by atomic mass is 16.3. The van der Waals surface area contributed by atoms with Crippen LogP contribution in [0.4, 0.5) is 0 Å². The second-order valence-corrected chi connectivity index (χ2v) is 3.47. The summed E-state index contributed by atoms with van der Waals surface area (Å²) in [5.74, 6) is -0.938. The summed E-state index contributed by atoms with van der Waals surface area (Å²) in [7, 11) is 0. The zero-order valence-electron chi connectivity index (χ0n) is 9.03. The molecule has 4 N–H and O–H groups in total. The first-order valence-corrected chi connectivity index (χ1v) is 4.83. The van der Waals surface area contributed by atoms with Crippen LogP contribution in [0.25, 0.3) is 0 Å². The molecule has 0 bridgehead atoms. The quantitative estimate of drug-likeness (QED) is 0.407. The molecule has 1 amide bonds. The molecule has 1 aromatic rings. The number of nitrogens with two attached hydrogens (primary N) is 1. The molecule has 0 saturated carbocycles. The van der Waals surface area contributed by atoms with E-state index in [9.17, 15) is 9.90 Å². The average molecular weight is 218 g/mol. The Hall–Kier alpha value is -2.10. The number of rotatable bonds is 4. The Morgan fingerprint density at radius 1 is 1.38 bits per heavy atom. The van der Waals surface area contributed by atoms with Gasteiger partial charge in [0.05, 0.1) is 5.57 Å². The Kier molecular flexibility index (Phi) is 3.83. The van der Waals surface area contributed by atoms with E-state index in [4.69, 9.17) is 11.1 Å². The fourth-order valence-corrected chi connectivity index (χ4v) is 1.42. The van der Waals surface area contributed by atoms with E-state index in [2.05, 4.69) is 0 Å². The van der Waals surface area contributed by atoms with Crippen molar-refractivity contribution >= 4 is 11.6 Å². The predicted octanol–water partition coefficient (Wildman–Crippen LogP) is 1.57. The lowest BCUT2D eigenvalue weighted by Gasteiger charge is -2.06. The third kappa shape index (κ3) is 2.95. The van der Waals surface area contributed by atoms with Crippen molar-refractivity contribution in [3.63, 3.8) is 0 Å². The number of amides is 1. The first kappa shape index (κ1) is 12.0. The Balaban J connectivity index is 2.99. The lowest BCUT2D eigenvalue weighted by molar-refractivity contribution is -0.114. The highest BCUT2D eigenvalue weighted by molar-refractivity contribution is 6.19. The minimum absolute atomic E-state index is 0.0269. The van der Waals surface area contributed by atoms with Crippen molar-refractivity contribution in [2.75, 3.05) is 0 Å². The average Bonchev–Trinajstić information content (AvgIpc) is 2.17. The van der Waals surface area contributed by atoms with Crippen LogP contribution in [0, 0.1) is 5.41 Å². The fourth-order valence-electron chi connectivity index (χ4n) is 1.42. The summed E-state index contributed by atoms with van der Waals surface area (Å²) in [4.78, 5) is 11.0. The molecule has 0 aliphatic rings. The highest BCUT2D eigenvalue weighted by Gasteiger charge is 2.14. The standard InChI is InChI=1S/C12H14N2O2/c1-8(13)11(12(14)16)10(15)7-9-5-3-2-4-6-9/h2-6,13,15H,7H2,1H3,(H2,14,16). The maximum absolute atomic E-state index is 11.0. The molecule has 0 fully saturated rings. The van der Waals surface area contributed by atoms with Gasteiger partial charge in [0.1, 0.15) is 5.76 Å². The van der Waals surface area contributed by atoms with E-state index in [1.54, 1.807) is 0 Å². The van der Waals surface area contributed by atoms with Crippen molar-refractivity contribution in [3.8, 4) is 0 Å². The van der Waals surface area contributed by atoms with Gasteiger partial charge in [0.15, 0.2) is 0 Å². The maximum atomic E-state index is 11.0. The van der Waals surface area contributed by atoms with Crippen molar-refractivity contribution in [3.05, 3.63) is 47.2 Å². The zero-order chi connectivity index (χ0) is 12.1. The summed E-state index contributed by atoms with van der Waals surface area (Å²) in [6, 6.07) is 9.19. The van der Waals surface area contributed by atoms with Crippen LogP contribution in [0.5, 0.6) is 0 Å². The number of allylic oxidation sites excluding steroid dienone is 1. The SMILES string of the molecule is CC(=N)C(C(N)=O)=C(O)Cc1ccccc1. The molecule has 0 aromatic heterocycles. The lowest BCUT2D eigenvalue weighted by Crippen LogP contribution is -2.21. The van der Waals surface area contributed by atoms with Gasteiger partial charge in [-0.1, -0.05) is 30.3 Å². The van der Waals surface area contributed by atoms with Crippen molar-refractivity contribution in [1.29, 1.82) is 5.41 Å². The molecule has 0 heterocycles. The van der Waals surface area contributed by atoms with Gasteiger partial charge >= 0.3 is 0 Å². The molecule has 0 aliphatic carbocycles. The van der Waals surface area contributed by atoms with Crippen molar-refractivity contribution in [2.24, 2.45) is 5.73 Å². The van der Waals surface area contributed by atoms with Gasteiger partial charge in [0, 0.05) is 12.1 Å². The Labute approximate surface area is 93.9 Å². The minimum atomic E-state index is -0.777. The summed E-state index contributed by atoms with van der Waals surface area (Å²) >= 11 is 0. The molecule has 0 unspecified atom stereocenters. The van der Waals surface area contributed by atoms with Crippen LogP contribution >= 0.6 is 0 Å². The van der Waals surface area contributed by atoms with Crippen molar-refractivity contribution < 1.29 is 9.90 Å². The van der Waals surface area contributed by atoms with E-state index in [0.29, 0.717) is 0 Å². The molecule has 0 spiro atoms. The molecule has 1 rings (SSSR count). The molecule has 0 aliphatic heterocycles. The van der Waals surface area contributed by atoms with Gasteiger partial charge in [0.2, 0.25) is 0 Å². The number of carbonyl (C=O) groups is 1. The topological polar surface area (TPSA) is 87.2 Å². The molecule has 16 heavy (non-hydrogen) atoms. The molecular weight excluding hydrogens is 204 g/mol. The van der Waals surface area contributed by atoms with Gasteiger partial charge in [-0.25, -0.2) is 0 Å². The van der Waals surface area contributed by atoms with E-state index < -0.39 is 5.91 Å². The molecule has 0 radical (unpaired) electrons. The van der Waals surface area contributed by atoms with E-state index in [0.717, 1.165) is 5.56 Å². The number of nitrogens with one attached hydrogen (secondary N) is 1. The number of carbonyl (C=O) groups excluding carboxylic acids is 1. The van der Waals surface area contributed by atoms with Crippen LogP contribution in [0.15, 0.2) is 41.7 Å². The normalized spacial score (nSPS) is 11.8. The predicted molar refractivity (Wildman–Crippen MR) is 62.4 cm³/mol. The smallest absolute Gasteiger partial charge is 0.253 e. The molecule has 0 saturated heterocycles. The van der Waals surface area contributed by atoms with Gasteiger partial charge in [-0.15, -0.1) is 0 Å². The molecule has 4 heteroatoms. The fraction of sp³-hybridized carbons (Fsp3) is 0.167. The van der Waals surface area contributed by atoms with Gasteiger partial charge < -0.3 is 16.2 Å². The molecular formula is C12H14N2O2. The van der Waals surface area contributed by atoms with E-state index in [1.165, 1.54) is 6.92 Å². The summed E-state index contributed by atoms with van der Waals surface area (Å²) in [6.45, 7) is 1.42. The van der Waals surface area contributed by atoms with E-state index in [1.807, 2.05) is 30.3 Å². The number of hydrogen-bond donors (Lipinski definition) is 3. The Morgan fingerprint density at radius 2 is 1.94 bits per heavy atom. The summed E-state index contributed by atoms with van der Waals surface area (Å²) in [5.41, 5.74) is 5.82. The Morgan fingerprint density at radius 3 is 2.38 bits per heavy atom. The number of hydrogen-bond acceptors (Lipinski definition) is 3. The number of primary amides is 1. The summed E-state index contributed by atoms with van der Waals surface area (Å²) in [5, 5.41) is 17.1.